The number of benzene rings is 2. The average molecular weight is 453 g/mol. The van der Waals surface area contributed by atoms with E-state index in [1.54, 1.807) is 19.9 Å². The van der Waals surface area contributed by atoms with Crippen LogP contribution in [0.3, 0.4) is 0 Å². The molecule has 12 heteroatoms. The maximum atomic E-state index is 13.8. The van der Waals surface area contributed by atoms with E-state index in [1.165, 1.54) is 24.3 Å². The van der Waals surface area contributed by atoms with Crippen molar-refractivity contribution in [2.75, 3.05) is 11.9 Å². The molecule has 1 amide bonds. The fourth-order valence-corrected chi connectivity index (χ4v) is 3.78. The summed E-state index contributed by atoms with van der Waals surface area (Å²) in [6, 6.07) is 8.66. The van der Waals surface area contributed by atoms with Gasteiger partial charge in [0, 0.05) is 12.1 Å². The summed E-state index contributed by atoms with van der Waals surface area (Å²) in [5.74, 6) is -3.39. The number of hydrogen-bond acceptors (Lipinski definition) is 7. The summed E-state index contributed by atoms with van der Waals surface area (Å²) in [6.45, 7) is 2.31. The highest BCUT2D eigenvalue weighted by Gasteiger charge is 2.30. The zero-order valence-corrected chi connectivity index (χ0v) is 17.4. The molecule has 0 spiro atoms. The number of sulfonamides is 1. The number of amides is 1. The van der Waals surface area contributed by atoms with E-state index in [0.29, 0.717) is 0 Å². The van der Waals surface area contributed by atoms with Crippen molar-refractivity contribution in [1.82, 2.24) is 4.72 Å². The number of non-ortho nitro benzene ring substituents is 1. The second kappa shape index (κ2) is 10.1. The Hall–Kier alpha value is -3.38. The molecule has 10 nitrogen and oxygen atoms in total. The van der Waals surface area contributed by atoms with Crippen LogP contribution < -0.4 is 10.0 Å². The molecule has 2 aromatic rings. The Bertz CT molecular complexity index is 1080. The first-order valence-electron chi connectivity index (χ1n) is 8.99. The van der Waals surface area contributed by atoms with Crippen LogP contribution in [-0.4, -0.2) is 37.9 Å². The minimum absolute atomic E-state index is 0.0488. The molecule has 166 valence electrons. The number of ether oxygens (including phenoxy) is 1. The normalized spacial score (nSPS) is 12.3. The maximum Gasteiger partial charge on any atom is 0.324 e. The van der Waals surface area contributed by atoms with E-state index in [4.69, 9.17) is 4.74 Å². The fourth-order valence-electron chi connectivity index (χ4n) is 2.43. The van der Waals surface area contributed by atoms with Crippen molar-refractivity contribution in [1.29, 1.82) is 0 Å². The van der Waals surface area contributed by atoms with E-state index in [0.717, 1.165) is 18.2 Å². The maximum absolute atomic E-state index is 13.8. The first-order chi connectivity index (χ1) is 14.5. The van der Waals surface area contributed by atoms with Crippen molar-refractivity contribution in [3.05, 3.63) is 64.5 Å². The molecule has 0 radical (unpaired) electrons. The smallest absolute Gasteiger partial charge is 0.324 e. The predicted octanol–water partition coefficient (Wildman–Crippen LogP) is 2.22. The zero-order valence-electron chi connectivity index (χ0n) is 16.6. The second-order valence-corrected chi connectivity index (χ2v) is 8.45. The van der Waals surface area contributed by atoms with E-state index in [-0.39, 0.29) is 4.90 Å². The summed E-state index contributed by atoms with van der Waals surface area (Å²) < 4.78 is 45.8. The molecule has 0 aliphatic carbocycles. The molecular weight excluding hydrogens is 433 g/mol. The van der Waals surface area contributed by atoms with Gasteiger partial charge < -0.3 is 10.1 Å². The quantitative estimate of drug-likeness (QED) is 0.336. The average Bonchev–Trinajstić information content (AvgIpc) is 2.72. The van der Waals surface area contributed by atoms with Gasteiger partial charge in [-0.1, -0.05) is 32.0 Å². The monoisotopic (exact) mass is 453 g/mol. The van der Waals surface area contributed by atoms with E-state index in [9.17, 15) is 32.5 Å². The third-order valence-corrected chi connectivity index (χ3v) is 5.49. The van der Waals surface area contributed by atoms with Crippen LogP contribution in [0.15, 0.2) is 53.4 Å². The molecule has 0 aromatic heterocycles. The van der Waals surface area contributed by atoms with Crippen LogP contribution in [-0.2, 0) is 24.3 Å². The minimum Gasteiger partial charge on any atom is -0.454 e. The molecule has 0 aliphatic heterocycles. The van der Waals surface area contributed by atoms with Crippen LogP contribution >= 0.6 is 0 Å². The molecule has 31 heavy (non-hydrogen) atoms. The Morgan fingerprint density at radius 1 is 1.16 bits per heavy atom. The van der Waals surface area contributed by atoms with Crippen molar-refractivity contribution in [2.45, 2.75) is 24.8 Å². The van der Waals surface area contributed by atoms with Crippen molar-refractivity contribution in [3.8, 4) is 0 Å². The molecule has 0 aliphatic rings. The summed E-state index contributed by atoms with van der Waals surface area (Å²) in [7, 11) is -4.02. The second-order valence-electron chi connectivity index (χ2n) is 6.73. The van der Waals surface area contributed by atoms with E-state index < -0.39 is 62.6 Å². The first kappa shape index (κ1) is 23.9. The predicted molar refractivity (Wildman–Crippen MR) is 108 cm³/mol. The lowest BCUT2D eigenvalue weighted by molar-refractivity contribution is -0.384. The number of rotatable bonds is 9. The Kier molecular flexibility index (Phi) is 7.78. The zero-order chi connectivity index (χ0) is 23.2. The van der Waals surface area contributed by atoms with Gasteiger partial charge in [0.25, 0.3) is 11.6 Å². The van der Waals surface area contributed by atoms with Gasteiger partial charge in [0.05, 0.1) is 15.5 Å². The van der Waals surface area contributed by atoms with Crippen LogP contribution in [0.4, 0.5) is 15.8 Å². The van der Waals surface area contributed by atoms with Gasteiger partial charge in [0.2, 0.25) is 10.0 Å². The SMILES string of the molecule is CC(C)C(NS(=O)(=O)c1ccccc1)C(=O)OCC(=O)Nc1cc([N+](=O)[O-])ccc1F. The molecular formula is C19H20FN3O7S. The Labute approximate surface area is 177 Å². The Morgan fingerprint density at radius 2 is 1.81 bits per heavy atom. The van der Waals surface area contributed by atoms with Gasteiger partial charge in [-0.15, -0.1) is 0 Å². The lowest BCUT2D eigenvalue weighted by Crippen LogP contribution is -2.45. The van der Waals surface area contributed by atoms with Gasteiger partial charge in [-0.3, -0.25) is 19.7 Å². The Balaban J connectivity index is 2.03. The highest BCUT2D eigenvalue weighted by molar-refractivity contribution is 7.89. The van der Waals surface area contributed by atoms with Gasteiger partial charge in [-0.25, -0.2) is 12.8 Å². The fraction of sp³-hybridized carbons (Fsp3) is 0.263. The van der Waals surface area contributed by atoms with Gasteiger partial charge in [0.15, 0.2) is 6.61 Å². The summed E-state index contributed by atoms with van der Waals surface area (Å²) in [4.78, 5) is 34.3. The third kappa shape index (κ3) is 6.55. The van der Waals surface area contributed by atoms with E-state index in [2.05, 4.69) is 10.0 Å². The van der Waals surface area contributed by atoms with Crippen molar-refractivity contribution >= 4 is 33.3 Å². The molecule has 0 fully saturated rings. The number of anilines is 1. The minimum atomic E-state index is -4.02. The first-order valence-corrected chi connectivity index (χ1v) is 10.5. The molecule has 1 unspecified atom stereocenters. The highest BCUT2D eigenvalue weighted by atomic mass is 32.2. The number of nitro benzene ring substituents is 1. The summed E-state index contributed by atoms with van der Waals surface area (Å²) in [6.07, 6.45) is 0. The van der Waals surface area contributed by atoms with Crippen LogP contribution in [0.2, 0.25) is 0 Å². The standard InChI is InChI=1S/C19H20FN3O7S/c1-12(2)18(22-31(28,29)14-6-4-3-5-7-14)19(25)30-11-17(24)21-16-10-13(23(26)27)8-9-15(16)20/h3-10,12,18,22H,11H2,1-2H3,(H,21,24). The van der Waals surface area contributed by atoms with Gasteiger partial charge in [0.1, 0.15) is 11.9 Å². The van der Waals surface area contributed by atoms with Gasteiger partial charge in [-0.2, -0.15) is 4.72 Å². The number of esters is 1. The lowest BCUT2D eigenvalue weighted by atomic mass is 10.1. The third-order valence-electron chi connectivity index (χ3n) is 4.04. The Morgan fingerprint density at radius 3 is 2.39 bits per heavy atom. The number of nitrogens with zero attached hydrogens (tertiary/aromatic N) is 1. The number of halogens is 1. The highest BCUT2D eigenvalue weighted by Crippen LogP contribution is 2.21. The van der Waals surface area contributed by atoms with E-state index in [1.807, 2.05) is 0 Å². The molecule has 0 bridgehead atoms. The van der Waals surface area contributed by atoms with E-state index >= 15 is 0 Å². The molecule has 0 saturated carbocycles. The van der Waals surface area contributed by atoms with Crippen LogP contribution in [0.1, 0.15) is 13.8 Å². The van der Waals surface area contributed by atoms with Crippen LogP contribution in [0, 0.1) is 21.8 Å². The number of nitrogens with one attached hydrogen (secondary N) is 2. The number of carbonyl (C=O) groups is 2. The van der Waals surface area contributed by atoms with Crippen molar-refractivity contribution < 1.29 is 32.1 Å². The van der Waals surface area contributed by atoms with Crippen LogP contribution in [0.25, 0.3) is 0 Å². The largest absolute Gasteiger partial charge is 0.454 e. The molecule has 2 aromatic carbocycles. The molecule has 0 saturated heterocycles. The lowest BCUT2D eigenvalue weighted by Gasteiger charge is -2.20. The van der Waals surface area contributed by atoms with Gasteiger partial charge in [-0.05, 0) is 24.1 Å². The molecule has 2 N–H and O–H groups in total. The number of nitro groups is 1. The van der Waals surface area contributed by atoms with Gasteiger partial charge >= 0.3 is 5.97 Å². The van der Waals surface area contributed by atoms with Crippen molar-refractivity contribution in [3.63, 3.8) is 0 Å². The number of carbonyl (C=O) groups excluding carboxylic acids is 2. The molecule has 0 heterocycles. The van der Waals surface area contributed by atoms with Crippen LogP contribution in [0.5, 0.6) is 0 Å². The molecule has 2 rings (SSSR count). The topological polar surface area (TPSA) is 145 Å². The summed E-state index contributed by atoms with van der Waals surface area (Å²) in [5.41, 5.74) is -0.899. The van der Waals surface area contributed by atoms with Crippen molar-refractivity contribution in [2.24, 2.45) is 5.92 Å². The molecule has 1 atom stereocenters. The summed E-state index contributed by atoms with van der Waals surface area (Å²) in [5, 5.41) is 12.8. The number of hydrogen-bond donors (Lipinski definition) is 2. The summed E-state index contributed by atoms with van der Waals surface area (Å²) >= 11 is 0.